The molecule has 0 aromatic carbocycles. The minimum absolute atomic E-state index is 0.0635. The van der Waals surface area contributed by atoms with Crippen molar-refractivity contribution in [2.75, 3.05) is 38.1 Å². The van der Waals surface area contributed by atoms with Crippen molar-refractivity contribution in [1.82, 2.24) is 14.8 Å². The van der Waals surface area contributed by atoms with Gasteiger partial charge in [0.15, 0.2) is 29.7 Å². The number of nitrogens with zero attached hydrogens (tertiary/aromatic N) is 6. The van der Waals surface area contributed by atoms with Gasteiger partial charge in [0.25, 0.3) is 5.91 Å². The third-order valence-corrected chi connectivity index (χ3v) is 7.96. The van der Waals surface area contributed by atoms with Crippen LogP contribution >= 0.6 is 0 Å². The van der Waals surface area contributed by atoms with Crippen LogP contribution in [0.15, 0.2) is 64.9 Å². The standard InChI is InChI=1S/C30H34N6O7.CH5N/c1-18-23(16-31-4)27(36(21-7-5-6-8-21)28(38)26(18)19(2)37)33-25-10-9-22(15-32-25)34-11-13-35(14-12-34)29(39)41-17-24-20(3)42-30(40)43-24;1-2/h9-10,15-16,21H,4-8,11-14,17H2,1-3H3;2H2,1H3/b23-16-,33-27?;. The van der Waals surface area contributed by atoms with Gasteiger partial charge in [-0.25, -0.2) is 19.6 Å². The molecule has 2 fully saturated rings. The summed E-state index contributed by atoms with van der Waals surface area (Å²) in [6.45, 7) is 10.1. The summed E-state index contributed by atoms with van der Waals surface area (Å²) in [6.07, 6.45) is 6.40. The van der Waals surface area contributed by atoms with Gasteiger partial charge in [-0.3, -0.25) is 19.5 Å². The predicted molar refractivity (Wildman–Crippen MR) is 168 cm³/mol. The molecule has 1 saturated carbocycles. The van der Waals surface area contributed by atoms with Gasteiger partial charge in [0.1, 0.15) is 5.84 Å². The van der Waals surface area contributed by atoms with Crippen LogP contribution in [0, 0.1) is 6.92 Å². The first-order valence-corrected chi connectivity index (χ1v) is 14.8. The Kier molecular flexibility index (Phi) is 10.8. The molecule has 4 heterocycles. The van der Waals surface area contributed by atoms with E-state index in [4.69, 9.17) is 18.6 Å². The Morgan fingerprint density at radius 2 is 1.80 bits per heavy atom. The molecule has 2 amide bonds. The van der Waals surface area contributed by atoms with Crippen molar-refractivity contribution in [2.24, 2.45) is 15.7 Å². The number of amidine groups is 1. The number of amides is 2. The first-order valence-electron chi connectivity index (χ1n) is 14.8. The number of hydrogen-bond acceptors (Lipinski definition) is 12. The van der Waals surface area contributed by atoms with E-state index in [0.29, 0.717) is 49.0 Å². The van der Waals surface area contributed by atoms with E-state index in [0.717, 1.165) is 31.4 Å². The van der Waals surface area contributed by atoms with Crippen LogP contribution in [-0.2, 0) is 20.9 Å². The van der Waals surface area contributed by atoms with E-state index in [1.807, 2.05) is 6.07 Å². The number of Topliss-reactive ketones (excluding diaryl/α,β-unsaturated/α-hetero) is 1. The molecule has 0 unspecified atom stereocenters. The third-order valence-electron chi connectivity index (χ3n) is 7.96. The lowest BCUT2D eigenvalue weighted by atomic mass is 9.91. The molecule has 1 aliphatic carbocycles. The molecule has 3 aliphatic rings. The van der Waals surface area contributed by atoms with E-state index in [9.17, 15) is 19.2 Å². The smallest absolute Gasteiger partial charge is 0.441 e. The van der Waals surface area contributed by atoms with Crippen molar-refractivity contribution in [1.29, 1.82) is 0 Å². The zero-order chi connectivity index (χ0) is 32.7. The van der Waals surface area contributed by atoms with Crippen LogP contribution < -0.4 is 16.5 Å². The van der Waals surface area contributed by atoms with Crippen LogP contribution in [-0.4, -0.2) is 84.4 Å². The average molecular weight is 622 g/mol. The zero-order valence-corrected chi connectivity index (χ0v) is 26.1. The van der Waals surface area contributed by atoms with Crippen LogP contribution in [0.4, 0.5) is 16.3 Å². The number of nitrogens with two attached hydrogens (primary N) is 1. The average Bonchev–Trinajstić information content (AvgIpc) is 3.68. The summed E-state index contributed by atoms with van der Waals surface area (Å²) < 4.78 is 14.9. The Bertz CT molecular complexity index is 1570. The van der Waals surface area contributed by atoms with Gasteiger partial charge in [-0.05, 0) is 65.1 Å². The molecule has 2 aromatic rings. The van der Waals surface area contributed by atoms with Crippen LogP contribution in [0.25, 0.3) is 0 Å². The van der Waals surface area contributed by atoms with E-state index in [1.165, 1.54) is 20.2 Å². The van der Waals surface area contributed by atoms with Gasteiger partial charge in [0, 0.05) is 44.0 Å². The number of aromatic nitrogens is 1. The fraction of sp³-hybridized carbons (Fsp3) is 0.452. The summed E-state index contributed by atoms with van der Waals surface area (Å²) in [7, 11) is 1.50. The Morgan fingerprint density at radius 1 is 1.11 bits per heavy atom. The number of pyridine rings is 1. The number of aliphatic imine (C=N–C) groups is 2. The number of anilines is 1. The van der Waals surface area contributed by atoms with Gasteiger partial charge in [-0.15, -0.1) is 0 Å². The van der Waals surface area contributed by atoms with Crippen LogP contribution in [0.2, 0.25) is 0 Å². The first-order chi connectivity index (χ1) is 21.7. The van der Waals surface area contributed by atoms with Gasteiger partial charge in [0.05, 0.1) is 17.5 Å². The van der Waals surface area contributed by atoms with Gasteiger partial charge in [0.2, 0.25) is 0 Å². The molecule has 2 aromatic heterocycles. The van der Waals surface area contributed by atoms with Crippen molar-refractivity contribution in [2.45, 2.75) is 59.1 Å². The van der Waals surface area contributed by atoms with E-state index in [1.54, 1.807) is 35.9 Å². The lowest BCUT2D eigenvalue weighted by Gasteiger charge is -2.36. The largest absolute Gasteiger partial charge is 0.519 e. The quantitative estimate of drug-likeness (QED) is 0.356. The highest BCUT2D eigenvalue weighted by Crippen LogP contribution is 2.34. The molecule has 14 heteroatoms. The van der Waals surface area contributed by atoms with E-state index >= 15 is 0 Å². The molecule has 2 aliphatic heterocycles. The summed E-state index contributed by atoms with van der Waals surface area (Å²) in [5.41, 5.74) is 6.61. The Hall–Kier alpha value is -4.85. The molecular weight excluding hydrogens is 582 g/mol. The number of piperazine rings is 1. The molecule has 0 radical (unpaired) electrons. The van der Waals surface area contributed by atoms with Gasteiger partial charge >= 0.3 is 11.9 Å². The summed E-state index contributed by atoms with van der Waals surface area (Å²) in [6, 6.07) is 3.61. The monoisotopic (exact) mass is 621 g/mol. The summed E-state index contributed by atoms with van der Waals surface area (Å²) in [5, 5.41) is 0. The highest BCUT2D eigenvalue weighted by molar-refractivity contribution is 6.29. The minimum atomic E-state index is -0.832. The summed E-state index contributed by atoms with van der Waals surface area (Å²) in [5.74, 6) is -0.171. The molecule has 0 bridgehead atoms. The molecule has 14 nitrogen and oxygen atoms in total. The van der Waals surface area contributed by atoms with Crippen molar-refractivity contribution in [3.63, 3.8) is 0 Å². The fourth-order valence-electron chi connectivity index (χ4n) is 5.70. The maximum atomic E-state index is 13.6. The van der Waals surface area contributed by atoms with Crippen molar-refractivity contribution in [3.8, 4) is 0 Å². The lowest BCUT2D eigenvalue weighted by molar-refractivity contribution is -0.127. The summed E-state index contributed by atoms with van der Waals surface area (Å²) in [4.78, 5) is 68.4. The molecule has 0 spiro atoms. The number of rotatable bonds is 7. The first kappa shape index (κ1) is 33.1. The maximum absolute atomic E-state index is 13.6. The fourth-order valence-corrected chi connectivity index (χ4v) is 5.70. The predicted octanol–water partition coefficient (Wildman–Crippen LogP) is 3.27. The second-order valence-electron chi connectivity index (χ2n) is 10.7. The van der Waals surface area contributed by atoms with Crippen molar-refractivity contribution >= 4 is 41.8 Å². The molecule has 240 valence electrons. The van der Waals surface area contributed by atoms with E-state index in [2.05, 4.69) is 27.3 Å². The van der Waals surface area contributed by atoms with Crippen LogP contribution in [0.1, 0.15) is 51.1 Å². The third kappa shape index (κ3) is 7.28. The molecule has 0 atom stereocenters. The molecule has 5 rings (SSSR count). The molecular formula is C31H39N7O7. The summed E-state index contributed by atoms with van der Waals surface area (Å²) >= 11 is 0. The Labute approximate surface area is 260 Å². The normalized spacial score (nSPS) is 19.2. The number of aryl methyl sites for hydroxylation is 1. The van der Waals surface area contributed by atoms with Crippen molar-refractivity contribution in [3.05, 3.63) is 63.4 Å². The number of ketones is 1. The van der Waals surface area contributed by atoms with Crippen LogP contribution in [0.5, 0.6) is 0 Å². The topological polar surface area (TPSA) is 177 Å². The highest BCUT2D eigenvalue weighted by Gasteiger charge is 2.40. The molecule has 45 heavy (non-hydrogen) atoms. The highest BCUT2D eigenvalue weighted by atomic mass is 16.6. The second-order valence-corrected chi connectivity index (χ2v) is 10.7. The van der Waals surface area contributed by atoms with Gasteiger partial charge in [-0.1, -0.05) is 12.8 Å². The lowest BCUT2D eigenvalue weighted by Crippen LogP contribution is -2.49. The SMILES string of the molecule is C=N/C=C1\C(=Nc2ccc(N3CCN(C(=O)OCc4oc(=O)oc4C)CC3)cn2)N(C2CCCC2)C(=O)C(C(C)=O)=C1C.CN. The number of carbonyl (C=O) groups is 3. The second kappa shape index (κ2) is 14.8. The molecule has 1 saturated heterocycles. The number of carbonyl (C=O) groups excluding carboxylic acids is 3. The zero-order valence-electron chi connectivity index (χ0n) is 26.1. The van der Waals surface area contributed by atoms with Crippen molar-refractivity contribution < 1.29 is 28.0 Å². The number of ether oxygens (including phenoxy) is 1. The van der Waals surface area contributed by atoms with Crippen LogP contribution in [0.3, 0.4) is 0 Å². The van der Waals surface area contributed by atoms with Gasteiger partial charge in [-0.2, -0.15) is 0 Å². The van der Waals surface area contributed by atoms with E-state index < -0.39 is 11.9 Å². The van der Waals surface area contributed by atoms with Gasteiger partial charge < -0.3 is 29.1 Å². The minimum Gasteiger partial charge on any atom is -0.441 e. The number of hydrogen-bond donors (Lipinski definition) is 1. The Morgan fingerprint density at radius 3 is 2.36 bits per heavy atom. The molecule has 2 N–H and O–H groups in total. The maximum Gasteiger partial charge on any atom is 0.519 e. The van der Waals surface area contributed by atoms with E-state index in [-0.39, 0.29) is 41.4 Å². The Balaban J connectivity index is 0.00000226.